The van der Waals surface area contributed by atoms with E-state index < -0.39 is 0 Å². The van der Waals surface area contributed by atoms with Gasteiger partial charge in [0.25, 0.3) is 0 Å². The van der Waals surface area contributed by atoms with Crippen molar-refractivity contribution in [1.29, 1.82) is 0 Å². The zero-order valence-corrected chi connectivity index (χ0v) is 8.33. The Labute approximate surface area is 79.0 Å². The van der Waals surface area contributed by atoms with Crippen LogP contribution in [0.1, 0.15) is 37.9 Å². The highest BCUT2D eigenvalue weighted by molar-refractivity contribution is 5.05. The number of aryl methyl sites for hydroxylation is 1. The van der Waals surface area contributed by atoms with E-state index in [1.165, 1.54) is 12.8 Å². The van der Waals surface area contributed by atoms with E-state index in [9.17, 15) is 0 Å². The molecule has 1 fully saturated rings. The van der Waals surface area contributed by atoms with Crippen LogP contribution in [0.3, 0.4) is 0 Å². The molecule has 1 heterocycles. The van der Waals surface area contributed by atoms with Crippen molar-refractivity contribution in [1.82, 2.24) is 9.55 Å². The number of rotatable bonds is 3. The number of imidazole rings is 1. The van der Waals surface area contributed by atoms with Crippen molar-refractivity contribution in [2.75, 3.05) is 0 Å². The minimum Gasteiger partial charge on any atom is -0.340 e. The third kappa shape index (κ3) is 1.91. The lowest BCUT2D eigenvalue weighted by molar-refractivity contribution is 0.452. The fourth-order valence-corrected chi connectivity index (χ4v) is 1.68. The minimum absolute atomic E-state index is 0.119. The van der Waals surface area contributed by atoms with Crippen LogP contribution in [0, 0.1) is 5.41 Å². The second-order valence-corrected chi connectivity index (χ2v) is 4.59. The van der Waals surface area contributed by atoms with Gasteiger partial charge in [-0.1, -0.05) is 6.92 Å². The first kappa shape index (κ1) is 8.75. The lowest BCUT2D eigenvalue weighted by Crippen LogP contribution is -2.14. The monoisotopic (exact) mass is 179 g/mol. The van der Waals surface area contributed by atoms with E-state index in [1.807, 2.05) is 24.1 Å². The average molecular weight is 179 g/mol. The SMILES string of the molecule is Cn1cnc(C(N)CC2(C)CC2)c1. The Morgan fingerprint density at radius 3 is 2.85 bits per heavy atom. The molecule has 1 saturated carbocycles. The molecule has 2 N–H and O–H groups in total. The van der Waals surface area contributed by atoms with Gasteiger partial charge >= 0.3 is 0 Å². The van der Waals surface area contributed by atoms with Crippen molar-refractivity contribution < 1.29 is 0 Å². The predicted octanol–water partition coefficient (Wildman–Crippen LogP) is 1.61. The number of nitrogens with two attached hydrogens (primary N) is 1. The molecule has 2 rings (SSSR count). The predicted molar refractivity (Wildman–Crippen MR) is 52.1 cm³/mol. The molecule has 0 radical (unpaired) electrons. The fraction of sp³-hybridized carbons (Fsp3) is 0.700. The van der Waals surface area contributed by atoms with Gasteiger partial charge in [-0.2, -0.15) is 0 Å². The first-order valence-corrected chi connectivity index (χ1v) is 4.83. The van der Waals surface area contributed by atoms with Gasteiger partial charge in [0.1, 0.15) is 0 Å². The molecule has 1 aliphatic carbocycles. The third-order valence-corrected chi connectivity index (χ3v) is 2.92. The summed E-state index contributed by atoms with van der Waals surface area (Å²) in [5, 5.41) is 0. The molecule has 0 bridgehead atoms. The molecule has 1 unspecified atom stereocenters. The van der Waals surface area contributed by atoms with Gasteiger partial charge in [-0.05, 0) is 24.7 Å². The van der Waals surface area contributed by atoms with Crippen LogP contribution < -0.4 is 5.73 Å². The number of hydrogen-bond acceptors (Lipinski definition) is 2. The van der Waals surface area contributed by atoms with Crippen molar-refractivity contribution in [3.8, 4) is 0 Å². The highest BCUT2D eigenvalue weighted by Gasteiger charge is 2.38. The van der Waals surface area contributed by atoms with Crippen LogP contribution in [-0.4, -0.2) is 9.55 Å². The van der Waals surface area contributed by atoms with Crippen LogP contribution in [0.5, 0.6) is 0 Å². The Hall–Kier alpha value is -0.830. The Morgan fingerprint density at radius 1 is 1.69 bits per heavy atom. The van der Waals surface area contributed by atoms with Crippen LogP contribution in [0.15, 0.2) is 12.5 Å². The first-order chi connectivity index (χ1) is 6.09. The highest BCUT2D eigenvalue weighted by atomic mass is 15.0. The molecule has 0 spiro atoms. The third-order valence-electron chi connectivity index (χ3n) is 2.92. The number of aromatic nitrogens is 2. The fourth-order valence-electron chi connectivity index (χ4n) is 1.68. The largest absolute Gasteiger partial charge is 0.340 e. The molecular weight excluding hydrogens is 162 g/mol. The molecule has 0 aromatic carbocycles. The zero-order valence-electron chi connectivity index (χ0n) is 8.33. The smallest absolute Gasteiger partial charge is 0.0947 e. The van der Waals surface area contributed by atoms with E-state index in [-0.39, 0.29) is 6.04 Å². The number of nitrogens with zero attached hydrogens (tertiary/aromatic N) is 2. The second kappa shape index (κ2) is 2.84. The van der Waals surface area contributed by atoms with E-state index in [1.54, 1.807) is 0 Å². The van der Waals surface area contributed by atoms with Crippen molar-refractivity contribution in [2.45, 2.75) is 32.2 Å². The molecule has 1 aliphatic rings. The van der Waals surface area contributed by atoms with Crippen molar-refractivity contribution in [2.24, 2.45) is 18.2 Å². The Kier molecular flexibility index (Phi) is 1.91. The maximum absolute atomic E-state index is 6.06. The second-order valence-electron chi connectivity index (χ2n) is 4.59. The van der Waals surface area contributed by atoms with Crippen LogP contribution in [0.2, 0.25) is 0 Å². The maximum atomic E-state index is 6.06. The molecular formula is C10H17N3. The molecule has 1 atom stereocenters. The quantitative estimate of drug-likeness (QED) is 0.766. The molecule has 3 heteroatoms. The number of hydrogen-bond donors (Lipinski definition) is 1. The average Bonchev–Trinajstić information content (AvgIpc) is 2.62. The van der Waals surface area contributed by atoms with Crippen LogP contribution in [0.25, 0.3) is 0 Å². The zero-order chi connectivity index (χ0) is 9.47. The van der Waals surface area contributed by atoms with E-state index in [0.717, 1.165) is 12.1 Å². The van der Waals surface area contributed by atoms with Crippen molar-refractivity contribution in [3.63, 3.8) is 0 Å². The summed E-state index contributed by atoms with van der Waals surface area (Å²) in [5.41, 5.74) is 7.59. The van der Waals surface area contributed by atoms with E-state index in [0.29, 0.717) is 5.41 Å². The van der Waals surface area contributed by atoms with Crippen LogP contribution in [-0.2, 0) is 7.05 Å². The summed E-state index contributed by atoms with van der Waals surface area (Å²) in [6, 6.07) is 0.119. The highest BCUT2D eigenvalue weighted by Crippen LogP contribution is 2.50. The summed E-state index contributed by atoms with van der Waals surface area (Å²) in [6.07, 6.45) is 7.55. The maximum Gasteiger partial charge on any atom is 0.0947 e. The van der Waals surface area contributed by atoms with E-state index in [2.05, 4.69) is 11.9 Å². The normalized spacial score (nSPS) is 21.5. The summed E-state index contributed by atoms with van der Waals surface area (Å²) in [5.74, 6) is 0. The summed E-state index contributed by atoms with van der Waals surface area (Å²) < 4.78 is 1.95. The van der Waals surface area contributed by atoms with Crippen molar-refractivity contribution in [3.05, 3.63) is 18.2 Å². The Balaban J connectivity index is 2.00. The molecule has 13 heavy (non-hydrogen) atoms. The van der Waals surface area contributed by atoms with Gasteiger partial charge in [-0.25, -0.2) is 4.98 Å². The minimum atomic E-state index is 0.119. The van der Waals surface area contributed by atoms with Crippen molar-refractivity contribution >= 4 is 0 Å². The van der Waals surface area contributed by atoms with Crippen LogP contribution >= 0.6 is 0 Å². The lowest BCUT2D eigenvalue weighted by Gasteiger charge is -2.13. The van der Waals surface area contributed by atoms with Gasteiger partial charge in [-0.15, -0.1) is 0 Å². The molecule has 72 valence electrons. The van der Waals surface area contributed by atoms with E-state index >= 15 is 0 Å². The first-order valence-electron chi connectivity index (χ1n) is 4.83. The van der Waals surface area contributed by atoms with E-state index in [4.69, 9.17) is 5.73 Å². The summed E-state index contributed by atoms with van der Waals surface area (Å²) >= 11 is 0. The molecule has 1 aromatic heterocycles. The van der Waals surface area contributed by atoms with Gasteiger partial charge < -0.3 is 10.3 Å². The molecule has 1 aromatic rings. The molecule has 3 nitrogen and oxygen atoms in total. The van der Waals surface area contributed by atoms with Gasteiger partial charge in [0, 0.05) is 19.3 Å². The van der Waals surface area contributed by atoms with Gasteiger partial charge in [0.2, 0.25) is 0 Å². The Morgan fingerprint density at radius 2 is 2.38 bits per heavy atom. The lowest BCUT2D eigenvalue weighted by atomic mass is 9.98. The Bertz CT molecular complexity index is 299. The van der Waals surface area contributed by atoms with Crippen LogP contribution in [0.4, 0.5) is 0 Å². The van der Waals surface area contributed by atoms with Gasteiger partial charge in [0.05, 0.1) is 12.0 Å². The molecule has 0 saturated heterocycles. The summed E-state index contributed by atoms with van der Waals surface area (Å²) in [7, 11) is 1.97. The standard InChI is InChI=1S/C10H17N3/c1-10(3-4-10)5-8(11)9-6-13(2)7-12-9/h6-8H,3-5,11H2,1-2H3. The topological polar surface area (TPSA) is 43.8 Å². The van der Waals surface area contributed by atoms with Gasteiger partial charge in [0.15, 0.2) is 0 Å². The summed E-state index contributed by atoms with van der Waals surface area (Å²) in [4.78, 5) is 4.27. The molecule has 0 aliphatic heterocycles. The molecule has 0 amide bonds. The van der Waals surface area contributed by atoms with Gasteiger partial charge in [-0.3, -0.25) is 0 Å². The summed E-state index contributed by atoms with van der Waals surface area (Å²) in [6.45, 7) is 2.30.